The maximum absolute atomic E-state index is 10.8. The van der Waals surface area contributed by atoms with Gasteiger partial charge in [0.2, 0.25) is 0 Å². The molecule has 1 aromatic carbocycles. The Morgan fingerprint density at radius 2 is 1.93 bits per heavy atom. The third kappa shape index (κ3) is 2.03. The van der Waals surface area contributed by atoms with Crippen LogP contribution in [0.2, 0.25) is 0 Å². The summed E-state index contributed by atoms with van der Waals surface area (Å²) >= 11 is 0. The van der Waals surface area contributed by atoms with E-state index in [-0.39, 0.29) is 4.90 Å². The van der Waals surface area contributed by atoms with E-state index in [1.165, 1.54) is 12.1 Å². The molecule has 77 valence electrons. The molecule has 0 aliphatic carbocycles. The Hall–Kier alpha value is -1.73. The first-order valence-corrected chi connectivity index (χ1v) is 5.46. The van der Waals surface area contributed by atoms with Crippen molar-refractivity contribution in [1.82, 2.24) is 10.6 Å². The topological polar surface area (TPSA) is 92.9 Å². The second kappa shape index (κ2) is 3.44. The zero-order chi connectivity index (χ0) is 10.9. The molecule has 0 aromatic heterocycles. The maximum Gasteiger partial charge on any atom is 0.330 e. The molecule has 1 aliphatic heterocycles. The first-order valence-electron chi connectivity index (χ1n) is 4.02. The molecule has 2 rings (SSSR count). The fourth-order valence-corrected chi connectivity index (χ4v) is 1.62. The molecular weight excluding hydrogens is 218 g/mol. The lowest BCUT2D eigenvalue weighted by atomic mass is 10.2. The van der Waals surface area contributed by atoms with Gasteiger partial charge in [-0.25, -0.2) is 0 Å². The summed E-state index contributed by atoms with van der Waals surface area (Å²) in [7, 11) is -4.13. The smallest absolute Gasteiger partial charge is 0.282 e. The molecule has 0 amide bonds. The summed E-state index contributed by atoms with van der Waals surface area (Å²) in [5.74, 6) is 0. The van der Waals surface area contributed by atoms with Crippen LogP contribution in [-0.2, 0) is 10.1 Å². The summed E-state index contributed by atoms with van der Waals surface area (Å²) in [5, 5.41) is 7.29. The van der Waals surface area contributed by atoms with Crippen molar-refractivity contribution in [3.8, 4) is 0 Å². The predicted octanol–water partition coefficient (Wildman–Crippen LogP) is 0.538. The van der Waals surface area contributed by atoms with E-state index in [1.807, 2.05) is 0 Å². The van der Waals surface area contributed by atoms with Crippen LogP contribution in [0.15, 0.2) is 40.5 Å². The van der Waals surface area contributed by atoms with E-state index in [9.17, 15) is 8.42 Å². The lowest BCUT2D eigenvalue weighted by Gasteiger charge is -1.97. The highest BCUT2D eigenvalue weighted by Gasteiger charge is 2.14. The van der Waals surface area contributed by atoms with Gasteiger partial charge in [0.25, 0.3) is 10.1 Å². The predicted molar refractivity (Wildman–Crippen MR) is 51.9 cm³/mol. The van der Waals surface area contributed by atoms with Gasteiger partial charge in [-0.2, -0.15) is 8.42 Å². The van der Waals surface area contributed by atoms with Crippen molar-refractivity contribution < 1.29 is 13.0 Å². The van der Waals surface area contributed by atoms with Gasteiger partial charge < -0.3 is 0 Å². The molecular formula is C8H7N3O3S+. The van der Waals surface area contributed by atoms with Crippen LogP contribution in [0.4, 0.5) is 0 Å². The van der Waals surface area contributed by atoms with Crippen LogP contribution in [0, 0.1) is 0 Å². The van der Waals surface area contributed by atoms with Gasteiger partial charge in [-0.3, -0.25) is 4.55 Å². The minimum Gasteiger partial charge on any atom is -0.282 e. The summed E-state index contributed by atoms with van der Waals surface area (Å²) in [6, 6.07) is 5.70. The number of benzene rings is 1. The molecule has 0 fully saturated rings. The van der Waals surface area contributed by atoms with Gasteiger partial charge in [0, 0.05) is 5.56 Å². The molecule has 15 heavy (non-hydrogen) atoms. The highest BCUT2D eigenvalue weighted by molar-refractivity contribution is 7.85. The van der Waals surface area contributed by atoms with Crippen LogP contribution in [0.5, 0.6) is 0 Å². The van der Waals surface area contributed by atoms with E-state index in [2.05, 4.69) is 15.8 Å². The lowest BCUT2D eigenvalue weighted by molar-refractivity contribution is 0.483. The molecule has 6 nitrogen and oxygen atoms in total. The van der Waals surface area contributed by atoms with Crippen LogP contribution in [0.25, 0.3) is 5.70 Å². The van der Waals surface area contributed by atoms with Gasteiger partial charge in [0.1, 0.15) is 11.3 Å². The van der Waals surface area contributed by atoms with Crippen molar-refractivity contribution in [2.75, 3.05) is 0 Å². The largest absolute Gasteiger partial charge is 0.330 e. The molecule has 0 spiro atoms. The standard InChI is InChI=1S/C8H7N3O3S/c12-15(13,14)7-3-1-6(2-4-7)8-5-9-11-10-8/h1-5H,(H,9,10)(H,12,13,14)/q+1. The average Bonchev–Trinajstić information content (AvgIpc) is 2.69. The zero-order valence-electron chi connectivity index (χ0n) is 7.45. The van der Waals surface area contributed by atoms with Crippen LogP contribution in [0.3, 0.4) is 0 Å². The lowest BCUT2D eigenvalue weighted by Crippen LogP contribution is -1.98. The van der Waals surface area contributed by atoms with Gasteiger partial charge in [-0.15, -0.1) is 0 Å². The number of nitrogens with zero attached hydrogens (tertiary/aromatic N) is 2. The quantitative estimate of drug-likeness (QED) is 0.718. The molecule has 1 aliphatic rings. The fraction of sp³-hybridized carbons (Fsp3) is 0. The Balaban J connectivity index is 2.36. The molecule has 2 N–H and O–H groups in total. The Labute approximate surface area is 86.1 Å². The monoisotopic (exact) mass is 225 g/mol. The first-order chi connectivity index (χ1) is 7.07. The molecule has 1 aromatic rings. The number of nitrogens with one attached hydrogen (secondary N) is 1. The zero-order valence-corrected chi connectivity index (χ0v) is 8.27. The summed E-state index contributed by atoms with van der Waals surface area (Å²) < 4.78 is 30.3. The van der Waals surface area contributed by atoms with E-state index in [0.29, 0.717) is 5.70 Å². The second-order valence-electron chi connectivity index (χ2n) is 2.86. The summed E-state index contributed by atoms with van der Waals surface area (Å²) in [4.78, 5) is -0.144. The second-order valence-corrected chi connectivity index (χ2v) is 4.28. The Bertz CT molecular complexity index is 531. The highest BCUT2D eigenvalue weighted by atomic mass is 32.2. The normalized spacial score (nSPS) is 14.9. The highest BCUT2D eigenvalue weighted by Crippen LogP contribution is 2.18. The van der Waals surface area contributed by atoms with E-state index < -0.39 is 10.1 Å². The SMILES string of the molecule is O=S(=O)(O)c1ccc(C2=CN[N+]=N2)cc1. The van der Waals surface area contributed by atoms with Crippen molar-refractivity contribution in [2.45, 2.75) is 4.90 Å². The molecule has 1 radical (unpaired) electrons. The summed E-state index contributed by atoms with van der Waals surface area (Å²) in [5.41, 5.74) is 3.87. The van der Waals surface area contributed by atoms with Gasteiger partial charge in [0.05, 0.1) is 4.90 Å². The minimum atomic E-state index is -4.13. The molecule has 0 saturated carbocycles. The Morgan fingerprint density at radius 1 is 1.27 bits per heavy atom. The maximum atomic E-state index is 10.8. The molecule has 1 heterocycles. The fourth-order valence-electron chi connectivity index (χ4n) is 1.14. The molecule has 0 bridgehead atoms. The third-order valence-electron chi connectivity index (χ3n) is 1.86. The molecule has 7 heteroatoms. The summed E-state index contributed by atoms with van der Waals surface area (Å²) in [6.07, 6.45) is 1.59. The van der Waals surface area contributed by atoms with Crippen molar-refractivity contribution in [3.63, 3.8) is 0 Å². The minimum absolute atomic E-state index is 0.144. The van der Waals surface area contributed by atoms with Crippen LogP contribution < -0.4 is 10.6 Å². The molecule has 0 atom stereocenters. The van der Waals surface area contributed by atoms with Crippen LogP contribution >= 0.6 is 0 Å². The average molecular weight is 225 g/mol. The van der Waals surface area contributed by atoms with E-state index in [0.717, 1.165) is 5.56 Å². The van der Waals surface area contributed by atoms with Crippen molar-refractivity contribution in [3.05, 3.63) is 36.0 Å². The van der Waals surface area contributed by atoms with Gasteiger partial charge >= 0.3 is 5.22 Å². The third-order valence-corrected chi connectivity index (χ3v) is 2.73. The van der Waals surface area contributed by atoms with E-state index >= 15 is 0 Å². The van der Waals surface area contributed by atoms with Gasteiger partial charge in [0.15, 0.2) is 5.70 Å². The number of hydrogen-bond donors (Lipinski definition) is 2. The number of rotatable bonds is 2. The summed E-state index contributed by atoms with van der Waals surface area (Å²) in [6.45, 7) is 0. The van der Waals surface area contributed by atoms with Crippen molar-refractivity contribution >= 4 is 15.8 Å². The Kier molecular flexibility index (Phi) is 2.25. The number of hydrogen-bond acceptors (Lipinski definition) is 5. The Morgan fingerprint density at radius 3 is 2.40 bits per heavy atom. The first kappa shape index (κ1) is 9.81. The van der Waals surface area contributed by atoms with Gasteiger partial charge in [-0.05, 0) is 12.1 Å². The molecule has 0 saturated heterocycles. The molecule has 0 unspecified atom stereocenters. The van der Waals surface area contributed by atoms with Crippen LogP contribution in [-0.4, -0.2) is 13.0 Å². The van der Waals surface area contributed by atoms with E-state index in [1.54, 1.807) is 18.3 Å². The van der Waals surface area contributed by atoms with Crippen LogP contribution in [0.1, 0.15) is 5.56 Å². The van der Waals surface area contributed by atoms with Gasteiger partial charge in [-0.1, -0.05) is 17.6 Å². The van der Waals surface area contributed by atoms with Crippen molar-refractivity contribution in [2.24, 2.45) is 5.11 Å². The van der Waals surface area contributed by atoms with E-state index in [4.69, 9.17) is 4.55 Å². The van der Waals surface area contributed by atoms with Crippen molar-refractivity contribution in [1.29, 1.82) is 0 Å².